The molecular weight excluding hydrogens is 289 g/mol. The van der Waals surface area contributed by atoms with Crippen molar-refractivity contribution in [2.75, 3.05) is 11.5 Å². The van der Waals surface area contributed by atoms with Gasteiger partial charge in [0.2, 0.25) is 0 Å². The molecule has 1 saturated heterocycles. The van der Waals surface area contributed by atoms with Crippen molar-refractivity contribution < 1.29 is 12.8 Å². The van der Waals surface area contributed by atoms with Crippen LogP contribution in [0.3, 0.4) is 0 Å². The highest BCUT2D eigenvalue weighted by molar-refractivity contribution is 7.91. The Hall–Kier alpha value is -0.650. The Balaban J connectivity index is 2.15. The van der Waals surface area contributed by atoms with E-state index in [4.69, 9.17) is 11.6 Å². The molecule has 1 N–H and O–H groups in total. The summed E-state index contributed by atoms with van der Waals surface area (Å²) in [6.07, 6.45) is 0.582. The summed E-state index contributed by atoms with van der Waals surface area (Å²) in [7, 11) is -2.95. The van der Waals surface area contributed by atoms with Crippen LogP contribution < -0.4 is 5.32 Å². The highest BCUT2D eigenvalue weighted by Gasteiger charge is 2.39. The lowest BCUT2D eigenvalue weighted by Gasteiger charge is -2.29. The monoisotopic (exact) mass is 305 g/mol. The molecule has 1 fully saturated rings. The van der Waals surface area contributed by atoms with Crippen LogP contribution in [0.4, 0.5) is 4.39 Å². The standard InChI is InChI=1S/C13H17ClFNO2S/c1-9(11-4-3-10(15)7-12(11)14)16-13(2)5-6-19(17,18)8-13/h3-4,7,9,16H,5-6,8H2,1-2H3. The van der Waals surface area contributed by atoms with Gasteiger partial charge in [-0.05, 0) is 38.0 Å². The molecule has 0 amide bonds. The Morgan fingerprint density at radius 3 is 2.68 bits per heavy atom. The quantitative estimate of drug-likeness (QED) is 0.934. The van der Waals surface area contributed by atoms with Crippen molar-refractivity contribution in [2.45, 2.75) is 31.8 Å². The summed E-state index contributed by atoms with van der Waals surface area (Å²) < 4.78 is 36.1. The van der Waals surface area contributed by atoms with Gasteiger partial charge in [-0.1, -0.05) is 17.7 Å². The number of rotatable bonds is 3. The van der Waals surface area contributed by atoms with Gasteiger partial charge in [0, 0.05) is 16.6 Å². The predicted octanol–water partition coefficient (Wildman–Crippen LogP) is 2.71. The molecule has 19 heavy (non-hydrogen) atoms. The Bertz CT molecular complexity index is 590. The highest BCUT2D eigenvalue weighted by Crippen LogP contribution is 2.29. The fourth-order valence-electron chi connectivity index (χ4n) is 2.58. The molecule has 2 atom stereocenters. The maximum absolute atomic E-state index is 13.0. The van der Waals surface area contributed by atoms with Gasteiger partial charge in [-0.15, -0.1) is 0 Å². The van der Waals surface area contributed by atoms with Gasteiger partial charge in [0.15, 0.2) is 9.84 Å². The smallest absolute Gasteiger partial charge is 0.152 e. The molecule has 0 spiro atoms. The lowest BCUT2D eigenvalue weighted by molar-refractivity contribution is 0.355. The van der Waals surface area contributed by atoms with Crippen LogP contribution in [0.5, 0.6) is 0 Å². The van der Waals surface area contributed by atoms with Crippen LogP contribution >= 0.6 is 11.6 Å². The normalized spacial score (nSPS) is 27.4. The van der Waals surface area contributed by atoms with E-state index in [-0.39, 0.29) is 23.4 Å². The van der Waals surface area contributed by atoms with E-state index in [9.17, 15) is 12.8 Å². The number of nitrogens with one attached hydrogen (secondary N) is 1. The molecule has 1 aromatic rings. The van der Waals surface area contributed by atoms with Crippen molar-refractivity contribution >= 4 is 21.4 Å². The molecule has 0 radical (unpaired) electrons. The van der Waals surface area contributed by atoms with Crippen molar-refractivity contribution in [1.82, 2.24) is 5.32 Å². The fourth-order valence-corrected chi connectivity index (χ4v) is 5.01. The van der Waals surface area contributed by atoms with Gasteiger partial charge in [-0.3, -0.25) is 0 Å². The molecule has 2 rings (SSSR count). The molecule has 6 heteroatoms. The third-order valence-corrected chi connectivity index (χ3v) is 5.73. The molecule has 1 aliphatic rings. The van der Waals surface area contributed by atoms with Crippen LogP contribution in [-0.4, -0.2) is 25.5 Å². The Morgan fingerprint density at radius 1 is 1.47 bits per heavy atom. The molecule has 0 bridgehead atoms. The molecule has 2 unspecified atom stereocenters. The first-order valence-corrected chi connectivity index (χ1v) is 8.34. The van der Waals surface area contributed by atoms with E-state index < -0.39 is 15.4 Å². The van der Waals surface area contributed by atoms with Crippen LogP contribution in [0.15, 0.2) is 18.2 Å². The summed E-state index contributed by atoms with van der Waals surface area (Å²) in [5, 5.41) is 3.65. The van der Waals surface area contributed by atoms with Crippen molar-refractivity contribution in [3.63, 3.8) is 0 Å². The first-order valence-electron chi connectivity index (χ1n) is 6.14. The van der Waals surface area contributed by atoms with Gasteiger partial charge in [-0.2, -0.15) is 0 Å². The van der Waals surface area contributed by atoms with Gasteiger partial charge >= 0.3 is 0 Å². The molecule has 0 saturated carbocycles. The summed E-state index contributed by atoms with van der Waals surface area (Å²) in [6.45, 7) is 3.79. The van der Waals surface area contributed by atoms with E-state index in [1.807, 2.05) is 13.8 Å². The SMILES string of the molecule is CC(NC1(C)CCS(=O)(=O)C1)c1ccc(F)cc1Cl. The highest BCUT2D eigenvalue weighted by atomic mass is 35.5. The summed E-state index contributed by atoms with van der Waals surface area (Å²) >= 11 is 6.01. The zero-order valence-corrected chi connectivity index (χ0v) is 12.5. The van der Waals surface area contributed by atoms with Gasteiger partial charge in [-0.25, -0.2) is 12.8 Å². The fraction of sp³-hybridized carbons (Fsp3) is 0.538. The average molecular weight is 306 g/mol. The number of benzene rings is 1. The van der Waals surface area contributed by atoms with Gasteiger partial charge in [0.25, 0.3) is 0 Å². The predicted molar refractivity (Wildman–Crippen MR) is 74.6 cm³/mol. The van der Waals surface area contributed by atoms with Crippen LogP contribution in [0.1, 0.15) is 31.9 Å². The topological polar surface area (TPSA) is 46.2 Å². The van der Waals surface area contributed by atoms with E-state index in [0.717, 1.165) is 5.56 Å². The van der Waals surface area contributed by atoms with Crippen LogP contribution in [0.2, 0.25) is 5.02 Å². The van der Waals surface area contributed by atoms with E-state index in [0.29, 0.717) is 11.4 Å². The molecule has 106 valence electrons. The molecule has 0 aromatic heterocycles. The lowest BCUT2D eigenvalue weighted by atomic mass is 9.98. The zero-order chi connectivity index (χ0) is 14.3. The Morgan fingerprint density at radius 2 is 2.16 bits per heavy atom. The summed E-state index contributed by atoms with van der Waals surface area (Å²) in [5.41, 5.74) is 0.323. The molecule has 3 nitrogen and oxygen atoms in total. The Labute approximate surface area is 118 Å². The minimum atomic E-state index is -2.95. The lowest BCUT2D eigenvalue weighted by Crippen LogP contribution is -2.44. The number of halogens is 2. The van der Waals surface area contributed by atoms with Crippen molar-refractivity contribution in [3.05, 3.63) is 34.6 Å². The van der Waals surface area contributed by atoms with E-state index >= 15 is 0 Å². The summed E-state index contributed by atoms with van der Waals surface area (Å²) in [6, 6.07) is 4.12. The van der Waals surface area contributed by atoms with E-state index in [2.05, 4.69) is 5.32 Å². The van der Waals surface area contributed by atoms with Crippen LogP contribution in [-0.2, 0) is 9.84 Å². The van der Waals surface area contributed by atoms with Crippen molar-refractivity contribution in [3.8, 4) is 0 Å². The summed E-state index contributed by atoms with van der Waals surface area (Å²) in [5.74, 6) is -0.0422. The number of hydrogen-bond acceptors (Lipinski definition) is 3. The second kappa shape index (κ2) is 5.04. The van der Waals surface area contributed by atoms with Crippen molar-refractivity contribution in [1.29, 1.82) is 0 Å². The minimum Gasteiger partial charge on any atom is -0.304 e. The van der Waals surface area contributed by atoms with Gasteiger partial charge < -0.3 is 5.32 Å². The first-order chi connectivity index (χ1) is 8.71. The van der Waals surface area contributed by atoms with Crippen molar-refractivity contribution in [2.24, 2.45) is 0 Å². The first kappa shape index (κ1) is 14.8. The zero-order valence-electron chi connectivity index (χ0n) is 10.9. The summed E-state index contributed by atoms with van der Waals surface area (Å²) in [4.78, 5) is 0. The molecule has 1 aliphatic heterocycles. The van der Waals surface area contributed by atoms with Crippen LogP contribution in [0.25, 0.3) is 0 Å². The molecule has 1 aromatic carbocycles. The second-order valence-electron chi connectivity index (χ2n) is 5.43. The average Bonchev–Trinajstić information content (AvgIpc) is 2.52. The maximum Gasteiger partial charge on any atom is 0.152 e. The molecular formula is C13H17ClFNO2S. The molecule has 1 heterocycles. The Kier molecular flexibility index (Phi) is 3.91. The van der Waals surface area contributed by atoms with Gasteiger partial charge in [0.05, 0.1) is 11.5 Å². The number of hydrogen-bond donors (Lipinski definition) is 1. The maximum atomic E-state index is 13.0. The third-order valence-electron chi connectivity index (χ3n) is 3.50. The van der Waals surface area contributed by atoms with Crippen LogP contribution in [0, 0.1) is 5.82 Å². The minimum absolute atomic E-state index is 0.128. The molecule has 0 aliphatic carbocycles. The van der Waals surface area contributed by atoms with Gasteiger partial charge in [0.1, 0.15) is 5.82 Å². The van der Waals surface area contributed by atoms with E-state index in [1.165, 1.54) is 12.1 Å². The number of sulfone groups is 1. The second-order valence-corrected chi connectivity index (χ2v) is 8.03. The largest absolute Gasteiger partial charge is 0.304 e. The third kappa shape index (κ3) is 3.46. The van der Waals surface area contributed by atoms with E-state index in [1.54, 1.807) is 6.07 Å².